The maximum atomic E-state index is 12.5. The van der Waals surface area contributed by atoms with E-state index >= 15 is 0 Å². The molecule has 126 valence electrons. The predicted octanol–water partition coefficient (Wildman–Crippen LogP) is 0.771. The summed E-state index contributed by atoms with van der Waals surface area (Å²) < 4.78 is 37.1. The van der Waals surface area contributed by atoms with Gasteiger partial charge in [0, 0.05) is 26.2 Å². The minimum atomic E-state index is -3.61. The van der Waals surface area contributed by atoms with Crippen LogP contribution in [-0.2, 0) is 14.8 Å². The van der Waals surface area contributed by atoms with E-state index in [1.54, 1.807) is 6.07 Å². The van der Waals surface area contributed by atoms with E-state index in [4.69, 9.17) is 9.47 Å². The molecule has 0 radical (unpaired) electrons. The van der Waals surface area contributed by atoms with Crippen LogP contribution in [0.2, 0.25) is 0 Å². The highest BCUT2D eigenvalue weighted by molar-refractivity contribution is 7.89. The number of hydrogen-bond acceptors (Lipinski definition) is 5. The first-order valence-corrected chi connectivity index (χ1v) is 8.65. The Kier molecular flexibility index (Phi) is 5.62. The quantitative estimate of drug-likeness (QED) is 0.585. The van der Waals surface area contributed by atoms with Crippen molar-refractivity contribution in [3.05, 3.63) is 30.9 Å². The van der Waals surface area contributed by atoms with Gasteiger partial charge in [-0.1, -0.05) is 6.58 Å². The molecular weight excluding hydrogens is 320 g/mol. The summed E-state index contributed by atoms with van der Waals surface area (Å²) in [6, 6.07) is 4.57. The number of amides is 1. The first-order valence-electron chi connectivity index (χ1n) is 7.21. The Bertz CT molecular complexity index is 687. The highest BCUT2D eigenvalue weighted by atomic mass is 32.2. The molecule has 8 heteroatoms. The van der Waals surface area contributed by atoms with E-state index in [1.807, 2.05) is 0 Å². The fourth-order valence-electron chi connectivity index (χ4n) is 2.07. The second-order valence-corrected chi connectivity index (χ2v) is 7.03. The van der Waals surface area contributed by atoms with E-state index in [-0.39, 0.29) is 17.3 Å². The van der Waals surface area contributed by atoms with E-state index in [2.05, 4.69) is 11.9 Å². The minimum absolute atomic E-state index is 0.152. The fraction of sp³-hybridized carbons (Fsp3) is 0.400. The average Bonchev–Trinajstić information content (AvgIpc) is 2.57. The summed E-state index contributed by atoms with van der Waals surface area (Å²) >= 11 is 0. The Hall–Kier alpha value is -2.06. The highest BCUT2D eigenvalue weighted by Crippen LogP contribution is 2.32. The second kappa shape index (κ2) is 7.47. The van der Waals surface area contributed by atoms with Crippen LogP contribution in [0.4, 0.5) is 0 Å². The van der Waals surface area contributed by atoms with Gasteiger partial charge in [0.1, 0.15) is 13.2 Å². The van der Waals surface area contributed by atoms with Crippen LogP contribution < -0.4 is 14.8 Å². The normalized spacial score (nSPS) is 13.7. The van der Waals surface area contributed by atoms with Gasteiger partial charge in [-0.15, -0.1) is 0 Å². The van der Waals surface area contributed by atoms with Crippen molar-refractivity contribution in [2.45, 2.75) is 11.3 Å². The van der Waals surface area contributed by atoms with Gasteiger partial charge in [0.05, 0.1) is 4.90 Å². The number of rotatable bonds is 7. The van der Waals surface area contributed by atoms with Crippen LogP contribution in [0.5, 0.6) is 11.5 Å². The second-order valence-electron chi connectivity index (χ2n) is 4.98. The molecule has 1 aliphatic heterocycles. The summed E-state index contributed by atoms with van der Waals surface area (Å²) in [5.41, 5.74) is 0. The van der Waals surface area contributed by atoms with Crippen molar-refractivity contribution in [2.75, 3.05) is 33.4 Å². The molecular formula is C15H20N2O5S. The zero-order valence-electron chi connectivity index (χ0n) is 12.9. The molecule has 0 aliphatic carbocycles. The number of nitrogens with zero attached hydrogens (tertiary/aromatic N) is 1. The lowest BCUT2D eigenvalue weighted by Gasteiger charge is -2.21. The molecule has 0 spiro atoms. The molecule has 0 saturated carbocycles. The van der Waals surface area contributed by atoms with Crippen molar-refractivity contribution in [3.8, 4) is 11.5 Å². The van der Waals surface area contributed by atoms with E-state index in [0.717, 1.165) is 0 Å². The SMILES string of the molecule is C=CC(=O)NCCCN(C)S(=O)(=O)c1ccc2c(c1)OCCO2. The standard InChI is InChI=1S/C15H20N2O5S/c1-3-15(18)16-7-4-8-17(2)23(19,20)12-5-6-13-14(11-12)22-10-9-21-13/h3,5-6,11H,1,4,7-10H2,2H3,(H,16,18). The molecule has 1 amide bonds. The number of nitrogens with one attached hydrogen (secondary N) is 1. The van der Waals surface area contributed by atoms with Crippen LogP contribution in [0.25, 0.3) is 0 Å². The minimum Gasteiger partial charge on any atom is -0.486 e. The summed E-state index contributed by atoms with van der Waals surface area (Å²) in [4.78, 5) is 11.2. The Morgan fingerprint density at radius 2 is 2.04 bits per heavy atom. The van der Waals surface area contributed by atoms with Crippen LogP contribution in [-0.4, -0.2) is 52.0 Å². The Morgan fingerprint density at radius 1 is 1.35 bits per heavy atom. The van der Waals surface area contributed by atoms with E-state index in [1.165, 1.54) is 29.6 Å². The van der Waals surface area contributed by atoms with Gasteiger partial charge < -0.3 is 14.8 Å². The monoisotopic (exact) mass is 340 g/mol. The Balaban J connectivity index is 2.00. The zero-order valence-corrected chi connectivity index (χ0v) is 13.8. The molecule has 0 aromatic heterocycles. The van der Waals surface area contributed by atoms with Crippen molar-refractivity contribution >= 4 is 15.9 Å². The van der Waals surface area contributed by atoms with Gasteiger partial charge in [-0.25, -0.2) is 12.7 Å². The first kappa shape index (κ1) is 17.3. The largest absolute Gasteiger partial charge is 0.486 e. The third-order valence-electron chi connectivity index (χ3n) is 3.36. The molecule has 1 aliphatic rings. The fourth-order valence-corrected chi connectivity index (χ4v) is 3.30. The van der Waals surface area contributed by atoms with Gasteiger partial charge in [0.15, 0.2) is 11.5 Å². The summed E-state index contributed by atoms with van der Waals surface area (Å²) in [5, 5.41) is 2.60. The number of benzene rings is 1. The van der Waals surface area contributed by atoms with Gasteiger partial charge >= 0.3 is 0 Å². The average molecular weight is 340 g/mol. The molecule has 0 fully saturated rings. The van der Waals surface area contributed by atoms with E-state index in [0.29, 0.717) is 37.7 Å². The number of carbonyl (C=O) groups excluding carboxylic acids is 1. The van der Waals surface area contributed by atoms with Crippen LogP contribution in [0.15, 0.2) is 35.7 Å². The molecule has 0 bridgehead atoms. The third-order valence-corrected chi connectivity index (χ3v) is 5.21. The van der Waals surface area contributed by atoms with Crippen molar-refractivity contribution in [2.24, 2.45) is 0 Å². The molecule has 0 unspecified atom stereocenters. The molecule has 1 N–H and O–H groups in total. The lowest BCUT2D eigenvalue weighted by molar-refractivity contribution is -0.116. The van der Waals surface area contributed by atoms with E-state index in [9.17, 15) is 13.2 Å². The summed E-state index contributed by atoms with van der Waals surface area (Å²) in [6.07, 6.45) is 1.68. The third kappa shape index (κ3) is 4.23. The molecule has 1 aromatic carbocycles. The summed E-state index contributed by atoms with van der Waals surface area (Å²) in [7, 11) is -2.11. The smallest absolute Gasteiger partial charge is 0.243 e. The number of fused-ring (bicyclic) bond motifs is 1. The van der Waals surface area contributed by atoms with Gasteiger partial charge in [-0.3, -0.25) is 4.79 Å². The van der Waals surface area contributed by atoms with Crippen LogP contribution in [0.3, 0.4) is 0 Å². The van der Waals surface area contributed by atoms with Crippen molar-refractivity contribution in [1.82, 2.24) is 9.62 Å². The van der Waals surface area contributed by atoms with Gasteiger partial charge in [0.25, 0.3) is 0 Å². The lowest BCUT2D eigenvalue weighted by Crippen LogP contribution is -2.31. The predicted molar refractivity (Wildman–Crippen MR) is 85.1 cm³/mol. The number of sulfonamides is 1. The molecule has 7 nitrogen and oxygen atoms in total. The topological polar surface area (TPSA) is 84.9 Å². The number of hydrogen-bond donors (Lipinski definition) is 1. The van der Waals surface area contributed by atoms with E-state index < -0.39 is 10.0 Å². The molecule has 23 heavy (non-hydrogen) atoms. The number of carbonyl (C=O) groups is 1. The lowest BCUT2D eigenvalue weighted by atomic mass is 10.3. The van der Waals surface area contributed by atoms with Crippen LogP contribution >= 0.6 is 0 Å². The van der Waals surface area contributed by atoms with Gasteiger partial charge in [-0.2, -0.15) is 0 Å². The molecule has 0 saturated heterocycles. The maximum Gasteiger partial charge on any atom is 0.243 e. The van der Waals surface area contributed by atoms with Crippen molar-refractivity contribution in [1.29, 1.82) is 0 Å². The van der Waals surface area contributed by atoms with Crippen LogP contribution in [0.1, 0.15) is 6.42 Å². The zero-order chi connectivity index (χ0) is 16.9. The Morgan fingerprint density at radius 3 is 2.74 bits per heavy atom. The number of ether oxygens (including phenoxy) is 2. The van der Waals surface area contributed by atoms with Gasteiger partial charge in [-0.05, 0) is 24.6 Å². The highest BCUT2D eigenvalue weighted by Gasteiger charge is 2.23. The Labute approximate surface area is 135 Å². The maximum absolute atomic E-state index is 12.5. The van der Waals surface area contributed by atoms with Crippen molar-refractivity contribution in [3.63, 3.8) is 0 Å². The molecule has 0 atom stereocenters. The summed E-state index contributed by atoms with van der Waals surface area (Å²) in [5.74, 6) is 0.705. The molecule has 1 heterocycles. The van der Waals surface area contributed by atoms with Crippen LogP contribution in [0, 0.1) is 0 Å². The summed E-state index contributed by atoms with van der Waals surface area (Å²) in [6.45, 7) is 4.87. The first-order chi connectivity index (χ1) is 10.9. The molecule has 2 rings (SSSR count). The van der Waals surface area contributed by atoms with Crippen molar-refractivity contribution < 1.29 is 22.7 Å². The van der Waals surface area contributed by atoms with Gasteiger partial charge in [0.2, 0.25) is 15.9 Å². The molecule has 1 aromatic rings.